The minimum Gasteiger partial charge on any atom is -0.481 e. The monoisotopic (exact) mass is 263 g/mol. The van der Waals surface area contributed by atoms with Crippen LogP contribution in [-0.2, 0) is 4.79 Å². The van der Waals surface area contributed by atoms with E-state index >= 15 is 0 Å². The Morgan fingerprint density at radius 3 is 2.61 bits per heavy atom. The number of thioether (sulfide) groups is 1. The fourth-order valence-corrected chi connectivity index (χ4v) is 2.26. The minimum atomic E-state index is -1.16. The minimum absolute atomic E-state index is 0.111. The molecule has 1 aromatic carbocycles. The van der Waals surface area contributed by atoms with Crippen LogP contribution in [0.2, 0.25) is 0 Å². The number of para-hydroxylation sites is 1. The molecule has 0 unspecified atom stereocenters. The van der Waals surface area contributed by atoms with E-state index in [1.165, 1.54) is 0 Å². The Labute approximate surface area is 106 Å². The third-order valence-electron chi connectivity index (χ3n) is 2.24. The number of hydrogen-bond donors (Lipinski definition) is 2. The fraction of sp³-hybridized carbons (Fsp3) is 0.0833. The summed E-state index contributed by atoms with van der Waals surface area (Å²) >= 11 is 0.955. The van der Waals surface area contributed by atoms with Gasteiger partial charge in [0.25, 0.3) is 0 Å². The predicted molar refractivity (Wildman–Crippen MR) is 67.1 cm³/mol. The molecule has 0 bridgehead atoms. The lowest BCUT2D eigenvalue weighted by atomic mass is 10.2. The van der Waals surface area contributed by atoms with Gasteiger partial charge in [-0.2, -0.15) is 0 Å². The van der Waals surface area contributed by atoms with Gasteiger partial charge in [0.1, 0.15) is 0 Å². The number of rotatable bonds is 4. The molecule has 0 spiro atoms. The molecule has 0 aliphatic carbocycles. The van der Waals surface area contributed by atoms with Gasteiger partial charge in [-0.15, -0.1) is 11.8 Å². The lowest BCUT2D eigenvalue weighted by Crippen LogP contribution is -2.05. The van der Waals surface area contributed by atoms with Crippen LogP contribution in [0.4, 0.5) is 0 Å². The number of carboxylic acid groups (broad SMARTS) is 2. The lowest BCUT2D eigenvalue weighted by molar-refractivity contribution is -0.133. The van der Waals surface area contributed by atoms with E-state index in [0.29, 0.717) is 10.4 Å². The highest BCUT2D eigenvalue weighted by Crippen LogP contribution is 2.25. The standard InChI is InChI=1S/C12H9NO4S/c14-10(15)6-18-9-5-7-3-1-2-4-8(7)13-11(9)12(16)17/h1-5H,6H2,(H,14,15)(H,16,17). The van der Waals surface area contributed by atoms with Crippen LogP contribution >= 0.6 is 11.8 Å². The number of carbonyl (C=O) groups is 2. The maximum atomic E-state index is 11.1. The molecule has 5 nitrogen and oxygen atoms in total. The first kappa shape index (κ1) is 12.4. The van der Waals surface area contributed by atoms with E-state index in [0.717, 1.165) is 17.1 Å². The number of fused-ring (bicyclic) bond motifs is 1. The fourth-order valence-electron chi connectivity index (χ4n) is 1.50. The van der Waals surface area contributed by atoms with Gasteiger partial charge in [0.2, 0.25) is 0 Å². The van der Waals surface area contributed by atoms with Gasteiger partial charge in [0.15, 0.2) is 5.69 Å². The molecule has 0 amide bonds. The summed E-state index contributed by atoms with van der Waals surface area (Å²) < 4.78 is 0. The first-order chi connectivity index (χ1) is 8.58. The van der Waals surface area contributed by atoms with Crippen molar-refractivity contribution < 1.29 is 19.8 Å². The van der Waals surface area contributed by atoms with Gasteiger partial charge in [-0.25, -0.2) is 9.78 Å². The first-order valence-electron chi connectivity index (χ1n) is 5.05. The number of aromatic carboxylic acids is 1. The zero-order valence-corrected chi connectivity index (χ0v) is 9.98. The van der Waals surface area contributed by atoms with Crippen LogP contribution in [0.3, 0.4) is 0 Å². The van der Waals surface area contributed by atoms with Gasteiger partial charge in [-0.1, -0.05) is 18.2 Å². The Bertz CT molecular complexity index is 627. The van der Waals surface area contributed by atoms with E-state index in [2.05, 4.69) is 4.98 Å². The number of hydrogen-bond acceptors (Lipinski definition) is 4. The predicted octanol–water partition coefficient (Wildman–Crippen LogP) is 2.11. The second-order valence-electron chi connectivity index (χ2n) is 3.52. The van der Waals surface area contributed by atoms with Gasteiger partial charge in [0, 0.05) is 10.3 Å². The van der Waals surface area contributed by atoms with Crippen LogP contribution in [0.5, 0.6) is 0 Å². The number of nitrogens with zero attached hydrogens (tertiary/aromatic N) is 1. The van der Waals surface area contributed by atoms with Crippen LogP contribution in [0.1, 0.15) is 10.5 Å². The van der Waals surface area contributed by atoms with E-state index in [1.54, 1.807) is 24.3 Å². The summed E-state index contributed by atoms with van der Waals surface area (Å²) in [5.74, 6) is -2.35. The van der Waals surface area contributed by atoms with E-state index in [-0.39, 0.29) is 11.4 Å². The van der Waals surface area contributed by atoms with Crippen molar-refractivity contribution in [2.45, 2.75) is 4.90 Å². The summed E-state index contributed by atoms with van der Waals surface area (Å²) in [6, 6.07) is 8.76. The Morgan fingerprint density at radius 2 is 1.94 bits per heavy atom. The molecule has 18 heavy (non-hydrogen) atoms. The summed E-state index contributed by atoms with van der Waals surface area (Å²) in [6.45, 7) is 0. The van der Waals surface area contributed by atoms with Crippen molar-refractivity contribution in [3.05, 3.63) is 36.0 Å². The van der Waals surface area contributed by atoms with E-state index in [4.69, 9.17) is 10.2 Å². The van der Waals surface area contributed by atoms with E-state index in [9.17, 15) is 9.59 Å². The third-order valence-corrected chi connectivity index (χ3v) is 3.26. The molecule has 0 fully saturated rings. The molecule has 2 N–H and O–H groups in total. The summed E-state index contributed by atoms with van der Waals surface area (Å²) in [4.78, 5) is 26.0. The van der Waals surface area contributed by atoms with Gasteiger partial charge in [0.05, 0.1) is 11.3 Å². The number of aliphatic carboxylic acids is 1. The summed E-state index contributed by atoms with van der Waals surface area (Å²) in [5.41, 5.74) is 0.467. The molecular weight excluding hydrogens is 254 g/mol. The molecular formula is C12H9NO4S. The molecule has 6 heteroatoms. The lowest BCUT2D eigenvalue weighted by Gasteiger charge is -2.06. The molecule has 92 valence electrons. The largest absolute Gasteiger partial charge is 0.481 e. The molecule has 2 aromatic rings. The number of aromatic nitrogens is 1. The molecule has 0 aliphatic rings. The van der Waals surface area contributed by atoms with Crippen molar-refractivity contribution in [2.24, 2.45) is 0 Å². The molecule has 0 atom stereocenters. The molecule has 2 rings (SSSR count). The zero-order valence-electron chi connectivity index (χ0n) is 9.16. The first-order valence-corrected chi connectivity index (χ1v) is 6.04. The molecule has 0 aliphatic heterocycles. The van der Waals surface area contributed by atoms with Crippen LogP contribution in [0.15, 0.2) is 35.2 Å². The highest BCUT2D eigenvalue weighted by atomic mass is 32.2. The highest BCUT2D eigenvalue weighted by Gasteiger charge is 2.14. The van der Waals surface area contributed by atoms with Crippen molar-refractivity contribution >= 4 is 34.6 Å². The van der Waals surface area contributed by atoms with Gasteiger partial charge >= 0.3 is 11.9 Å². The quantitative estimate of drug-likeness (QED) is 0.821. The molecule has 0 saturated carbocycles. The van der Waals surface area contributed by atoms with Crippen molar-refractivity contribution in [2.75, 3.05) is 5.75 Å². The van der Waals surface area contributed by atoms with Crippen molar-refractivity contribution in [1.29, 1.82) is 0 Å². The Hall–Kier alpha value is -2.08. The molecule has 1 heterocycles. The van der Waals surface area contributed by atoms with Crippen LogP contribution in [0.25, 0.3) is 10.9 Å². The van der Waals surface area contributed by atoms with E-state index in [1.807, 2.05) is 6.07 Å². The van der Waals surface area contributed by atoms with Crippen molar-refractivity contribution in [3.63, 3.8) is 0 Å². The zero-order chi connectivity index (χ0) is 13.1. The Balaban J connectivity index is 2.50. The summed E-state index contributed by atoms with van der Waals surface area (Å²) in [5, 5.41) is 18.5. The van der Waals surface area contributed by atoms with Gasteiger partial charge in [-0.3, -0.25) is 4.79 Å². The highest BCUT2D eigenvalue weighted by molar-refractivity contribution is 8.00. The van der Waals surface area contributed by atoms with Gasteiger partial charge in [-0.05, 0) is 12.1 Å². The second kappa shape index (κ2) is 5.05. The Kier molecular flexibility index (Phi) is 3.47. The number of pyridine rings is 1. The second-order valence-corrected chi connectivity index (χ2v) is 4.53. The number of carboxylic acids is 2. The smallest absolute Gasteiger partial charge is 0.355 e. The summed E-state index contributed by atoms with van der Waals surface area (Å²) in [7, 11) is 0. The summed E-state index contributed by atoms with van der Waals surface area (Å²) in [6.07, 6.45) is 0. The van der Waals surface area contributed by atoms with Crippen LogP contribution in [-0.4, -0.2) is 32.9 Å². The molecule has 1 aromatic heterocycles. The molecule has 0 saturated heterocycles. The average molecular weight is 263 g/mol. The van der Waals surface area contributed by atoms with Crippen molar-refractivity contribution in [3.8, 4) is 0 Å². The van der Waals surface area contributed by atoms with Crippen molar-refractivity contribution in [1.82, 2.24) is 4.98 Å². The van der Waals surface area contributed by atoms with Crippen LogP contribution in [0, 0.1) is 0 Å². The average Bonchev–Trinajstić information content (AvgIpc) is 2.35. The normalized spacial score (nSPS) is 10.4. The van der Waals surface area contributed by atoms with Gasteiger partial charge < -0.3 is 10.2 Å². The SMILES string of the molecule is O=C(O)CSc1cc2ccccc2nc1C(=O)O. The third kappa shape index (κ3) is 2.60. The van der Waals surface area contributed by atoms with E-state index < -0.39 is 11.9 Å². The van der Waals surface area contributed by atoms with Crippen LogP contribution < -0.4 is 0 Å². The Morgan fingerprint density at radius 1 is 1.22 bits per heavy atom. The maximum Gasteiger partial charge on any atom is 0.355 e. The topological polar surface area (TPSA) is 87.5 Å². The molecule has 0 radical (unpaired) electrons. The maximum absolute atomic E-state index is 11.1. The number of benzene rings is 1.